The fourth-order valence-electron chi connectivity index (χ4n) is 1.04. The lowest BCUT2D eigenvalue weighted by atomic mass is 10.5. The predicted molar refractivity (Wildman–Crippen MR) is 50.3 cm³/mol. The smallest absolute Gasteiger partial charge is 0.209 e. The van der Waals surface area contributed by atoms with Crippen LogP contribution in [0.3, 0.4) is 0 Å². The largest absolute Gasteiger partial charge is 0.329 e. The van der Waals surface area contributed by atoms with Crippen molar-refractivity contribution in [1.29, 1.82) is 0 Å². The summed E-state index contributed by atoms with van der Waals surface area (Å²) < 4.78 is 1.77. The summed E-state index contributed by atoms with van der Waals surface area (Å²) in [6.45, 7) is 1.29. The Hall–Kier alpha value is -0.620. The summed E-state index contributed by atoms with van der Waals surface area (Å²) in [5.74, 6) is 2.04. The quantitative estimate of drug-likeness (QED) is 0.683. The standard InChI is InChI=1S/C7H13N5S/c8-3-4-12-7(9-10-11-12)13-5-6-1-2-6/h6H,1-5,8H2. The van der Waals surface area contributed by atoms with Crippen molar-refractivity contribution in [1.82, 2.24) is 20.2 Å². The van der Waals surface area contributed by atoms with Crippen LogP contribution in [0.15, 0.2) is 5.16 Å². The van der Waals surface area contributed by atoms with Gasteiger partial charge in [-0.15, -0.1) is 5.10 Å². The van der Waals surface area contributed by atoms with Crippen LogP contribution in [-0.2, 0) is 6.54 Å². The molecule has 1 aliphatic carbocycles. The third-order valence-corrected chi connectivity index (χ3v) is 3.17. The molecule has 1 aliphatic rings. The van der Waals surface area contributed by atoms with Crippen molar-refractivity contribution in [3.8, 4) is 0 Å². The summed E-state index contributed by atoms with van der Waals surface area (Å²) in [6, 6.07) is 0. The summed E-state index contributed by atoms with van der Waals surface area (Å²) in [4.78, 5) is 0. The highest BCUT2D eigenvalue weighted by atomic mass is 32.2. The van der Waals surface area contributed by atoms with Gasteiger partial charge in [0.05, 0.1) is 6.54 Å². The minimum absolute atomic E-state index is 0.585. The molecule has 2 rings (SSSR count). The van der Waals surface area contributed by atoms with E-state index >= 15 is 0 Å². The van der Waals surface area contributed by atoms with Crippen LogP contribution in [0.4, 0.5) is 0 Å². The van der Waals surface area contributed by atoms with Crippen molar-refractivity contribution in [2.45, 2.75) is 24.5 Å². The van der Waals surface area contributed by atoms with Crippen LogP contribution in [0.5, 0.6) is 0 Å². The van der Waals surface area contributed by atoms with Gasteiger partial charge in [0.25, 0.3) is 0 Å². The van der Waals surface area contributed by atoms with E-state index in [-0.39, 0.29) is 0 Å². The number of nitrogens with zero attached hydrogens (tertiary/aromatic N) is 4. The molecule has 13 heavy (non-hydrogen) atoms. The lowest BCUT2D eigenvalue weighted by Crippen LogP contribution is -2.12. The van der Waals surface area contributed by atoms with E-state index in [2.05, 4.69) is 15.5 Å². The highest BCUT2D eigenvalue weighted by molar-refractivity contribution is 7.99. The topological polar surface area (TPSA) is 69.6 Å². The number of aromatic nitrogens is 4. The summed E-state index contributed by atoms with van der Waals surface area (Å²) in [7, 11) is 0. The molecule has 0 aromatic carbocycles. The second-order valence-electron chi connectivity index (χ2n) is 3.23. The van der Waals surface area contributed by atoms with Gasteiger partial charge in [0.2, 0.25) is 5.16 Å². The molecule has 1 heterocycles. The molecular formula is C7H13N5S. The first-order valence-corrected chi connectivity index (χ1v) is 5.47. The minimum atomic E-state index is 0.585. The second-order valence-corrected chi connectivity index (χ2v) is 4.21. The molecule has 6 heteroatoms. The molecule has 1 saturated carbocycles. The van der Waals surface area contributed by atoms with Gasteiger partial charge in [-0.1, -0.05) is 11.8 Å². The number of nitrogens with two attached hydrogens (primary N) is 1. The summed E-state index contributed by atoms with van der Waals surface area (Å²) in [5.41, 5.74) is 5.43. The maximum absolute atomic E-state index is 5.43. The van der Waals surface area contributed by atoms with Crippen molar-refractivity contribution >= 4 is 11.8 Å². The van der Waals surface area contributed by atoms with Crippen LogP contribution in [0.1, 0.15) is 12.8 Å². The molecule has 1 aromatic rings. The van der Waals surface area contributed by atoms with Gasteiger partial charge in [0.1, 0.15) is 0 Å². The van der Waals surface area contributed by atoms with Crippen LogP contribution >= 0.6 is 11.8 Å². The number of rotatable bonds is 5. The van der Waals surface area contributed by atoms with Crippen LogP contribution in [0, 0.1) is 5.92 Å². The third kappa shape index (κ3) is 2.41. The zero-order chi connectivity index (χ0) is 9.10. The van der Waals surface area contributed by atoms with Gasteiger partial charge in [0.15, 0.2) is 0 Å². The summed E-state index contributed by atoms with van der Waals surface area (Å²) in [6.07, 6.45) is 2.73. The lowest BCUT2D eigenvalue weighted by molar-refractivity contribution is 0.556. The molecule has 1 fully saturated rings. The fourth-order valence-corrected chi connectivity index (χ4v) is 2.13. The van der Waals surface area contributed by atoms with Crippen LogP contribution in [-0.4, -0.2) is 32.5 Å². The van der Waals surface area contributed by atoms with Crippen molar-refractivity contribution < 1.29 is 0 Å². The zero-order valence-corrected chi connectivity index (χ0v) is 8.20. The number of hydrogen-bond acceptors (Lipinski definition) is 5. The Morgan fingerprint density at radius 1 is 1.54 bits per heavy atom. The van der Waals surface area contributed by atoms with Gasteiger partial charge in [-0.05, 0) is 29.2 Å². The van der Waals surface area contributed by atoms with E-state index in [0.29, 0.717) is 13.1 Å². The highest BCUT2D eigenvalue weighted by Crippen LogP contribution is 2.34. The monoisotopic (exact) mass is 199 g/mol. The van der Waals surface area contributed by atoms with Crippen LogP contribution in [0.25, 0.3) is 0 Å². The van der Waals surface area contributed by atoms with E-state index in [4.69, 9.17) is 5.73 Å². The molecular weight excluding hydrogens is 186 g/mol. The molecule has 2 N–H and O–H groups in total. The lowest BCUT2D eigenvalue weighted by Gasteiger charge is -2.00. The molecule has 5 nitrogen and oxygen atoms in total. The highest BCUT2D eigenvalue weighted by Gasteiger charge is 2.22. The van der Waals surface area contributed by atoms with Gasteiger partial charge in [-0.3, -0.25) is 0 Å². The van der Waals surface area contributed by atoms with Gasteiger partial charge in [-0.2, -0.15) is 0 Å². The van der Waals surface area contributed by atoms with Gasteiger partial charge in [0, 0.05) is 12.3 Å². The van der Waals surface area contributed by atoms with Crippen molar-refractivity contribution in [3.05, 3.63) is 0 Å². The molecule has 0 aliphatic heterocycles. The molecule has 72 valence electrons. The average molecular weight is 199 g/mol. The van der Waals surface area contributed by atoms with Crippen molar-refractivity contribution in [2.24, 2.45) is 11.7 Å². The molecule has 0 spiro atoms. The van der Waals surface area contributed by atoms with E-state index in [1.807, 2.05) is 0 Å². The Kier molecular flexibility index (Phi) is 2.80. The average Bonchev–Trinajstić information content (AvgIpc) is 2.86. The first-order chi connectivity index (χ1) is 6.40. The van der Waals surface area contributed by atoms with Crippen LogP contribution in [0.2, 0.25) is 0 Å². The first kappa shape index (κ1) is 8.96. The van der Waals surface area contributed by atoms with Gasteiger partial charge in [-0.25, -0.2) is 4.68 Å². The van der Waals surface area contributed by atoms with E-state index in [1.165, 1.54) is 12.8 Å². The van der Waals surface area contributed by atoms with E-state index in [0.717, 1.165) is 16.8 Å². The van der Waals surface area contributed by atoms with Gasteiger partial charge >= 0.3 is 0 Å². The Labute approximate surface area is 81.1 Å². The summed E-state index contributed by atoms with van der Waals surface area (Å²) >= 11 is 1.74. The molecule has 0 radical (unpaired) electrons. The van der Waals surface area contributed by atoms with Gasteiger partial charge < -0.3 is 5.73 Å². The maximum Gasteiger partial charge on any atom is 0.209 e. The summed E-state index contributed by atoms with van der Waals surface area (Å²) in [5, 5.41) is 12.3. The SMILES string of the molecule is NCCn1nnnc1SCC1CC1. The van der Waals surface area contributed by atoms with Crippen molar-refractivity contribution in [3.63, 3.8) is 0 Å². The second kappa shape index (κ2) is 4.06. The molecule has 0 unspecified atom stereocenters. The zero-order valence-electron chi connectivity index (χ0n) is 7.39. The third-order valence-electron chi connectivity index (χ3n) is 1.99. The number of hydrogen-bond donors (Lipinski definition) is 1. The Balaban J connectivity index is 1.88. The molecule has 0 saturated heterocycles. The Bertz CT molecular complexity index is 270. The number of tetrazole rings is 1. The van der Waals surface area contributed by atoms with E-state index < -0.39 is 0 Å². The molecule has 0 bridgehead atoms. The normalized spacial score (nSPS) is 16.4. The minimum Gasteiger partial charge on any atom is -0.329 e. The van der Waals surface area contributed by atoms with E-state index in [1.54, 1.807) is 16.4 Å². The molecule has 1 aromatic heterocycles. The number of thioether (sulfide) groups is 1. The molecule has 0 amide bonds. The predicted octanol–water partition coefficient (Wildman–Crippen LogP) is 0.134. The Morgan fingerprint density at radius 2 is 2.38 bits per heavy atom. The van der Waals surface area contributed by atoms with Crippen LogP contribution < -0.4 is 5.73 Å². The van der Waals surface area contributed by atoms with Crippen molar-refractivity contribution in [2.75, 3.05) is 12.3 Å². The fraction of sp³-hybridized carbons (Fsp3) is 0.857. The first-order valence-electron chi connectivity index (χ1n) is 4.49. The Morgan fingerprint density at radius 3 is 3.08 bits per heavy atom. The maximum atomic E-state index is 5.43. The molecule has 0 atom stereocenters. The van der Waals surface area contributed by atoms with E-state index in [9.17, 15) is 0 Å².